The number of benzene rings is 2. The summed E-state index contributed by atoms with van der Waals surface area (Å²) in [6.45, 7) is 2.18. The van der Waals surface area contributed by atoms with E-state index in [1.165, 1.54) is 46.6 Å². The third-order valence-electron chi connectivity index (χ3n) is 5.62. The van der Waals surface area contributed by atoms with Gasteiger partial charge in [0.05, 0.1) is 9.79 Å². The fraction of sp³-hybridized carbons (Fsp3) is 0.231. The van der Waals surface area contributed by atoms with Gasteiger partial charge in [0.2, 0.25) is 10.0 Å². The van der Waals surface area contributed by atoms with E-state index < -0.39 is 19.9 Å². The molecule has 0 spiro atoms. The molecule has 0 aliphatic heterocycles. The Balaban J connectivity index is 1.64. The Kier molecular flexibility index (Phi) is 8.44. The summed E-state index contributed by atoms with van der Waals surface area (Å²) in [5.41, 5.74) is 2.91. The molecule has 1 aromatic heterocycles. The van der Waals surface area contributed by atoms with Crippen molar-refractivity contribution in [3.05, 3.63) is 89.8 Å². The molecule has 0 aliphatic carbocycles. The third-order valence-corrected chi connectivity index (χ3v) is 8.62. The Morgan fingerprint density at radius 3 is 2.08 bits per heavy atom. The second-order valence-electron chi connectivity index (χ2n) is 8.41. The van der Waals surface area contributed by atoms with Crippen molar-refractivity contribution in [2.24, 2.45) is 0 Å². The van der Waals surface area contributed by atoms with Crippen LogP contribution in [0.5, 0.6) is 0 Å². The first kappa shape index (κ1) is 27.3. The quantitative estimate of drug-likeness (QED) is 0.395. The molecule has 10 heteroatoms. The van der Waals surface area contributed by atoms with Gasteiger partial charge in [0, 0.05) is 56.5 Å². The van der Waals surface area contributed by atoms with Crippen molar-refractivity contribution in [3.8, 4) is 0 Å². The van der Waals surface area contributed by atoms with Crippen molar-refractivity contribution in [2.45, 2.75) is 23.1 Å². The van der Waals surface area contributed by atoms with Gasteiger partial charge >= 0.3 is 0 Å². The molecule has 0 radical (unpaired) electrons. The molecule has 0 aliphatic rings. The average Bonchev–Trinajstić information content (AvgIpc) is 2.85. The molecule has 0 fully saturated rings. The van der Waals surface area contributed by atoms with Gasteiger partial charge in [-0.1, -0.05) is 18.2 Å². The van der Waals surface area contributed by atoms with E-state index in [1.54, 1.807) is 37.4 Å². The van der Waals surface area contributed by atoms with E-state index in [-0.39, 0.29) is 22.2 Å². The summed E-state index contributed by atoms with van der Waals surface area (Å²) in [7, 11) is -3.87. The summed E-state index contributed by atoms with van der Waals surface area (Å²) in [6.07, 6.45) is 4.58. The minimum absolute atomic E-state index is 0.133. The largest absolute Gasteiger partial charge is 0.312 e. The van der Waals surface area contributed by atoms with Gasteiger partial charge in [0.15, 0.2) is 9.84 Å². The van der Waals surface area contributed by atoms with Crippen molar-refractivity contribution in [1.82, 2.24) is 9.29 Å². The number of nitrogens with zero attached hydrogens (tertiary/aromatic N) is 3. The van der Waals surface area contributed by atoms with Crippen LogP contribution < -0.4 is 4.90 Å². The van der Waals surface area contributed by atoms with Gasteiger partial charge in [-0.2, -0.15) is 0 Å². The molecule has 8 nitrogen and oxygen atoms in total. The lowest BCUT2D eigenvalue weighted by Gasteiger charge is -2.19. The number of rotatable bonds is 9. The topological polar surface area (TPSA) is 105 Å². The van der Waals surface area contributed by atoms with Crippen LogP contribution in [0.1, 0.15) is 17.0 Å². The summed E-state index contributed by atoms with van der Waals surface area (Å²) in [4.78, 5) is 18.7. The molecule has 0 atom stereocenters. The number of carbonyl (C=O) groups is 1. The summed E-state index contributed by atoms with van der Waals surface area (Å²) in [5, 5.41) is 0. The Hall–Kier alpha value is -3.34. The van der Waals surface area contributed by atoms with Crippen molar-refractivity contribution in [1.29, 1.82) is 0 Å². The Morgan fingerprint density at radius 1 is 0.889 bits per heavy atom. The molecule has 3 aromatic rings. The number of aryl methyl sites for hydroxylation is 1. The van der Waals surface area contributed by atoms with Crippen molar-refractivity contribution >= 4 is 37.5 Å². The molecule has 0 bridgehead atoms. The lowest BCUT2D eigenvalue weighted by molar-refractivity contribution is -0.113. The molecule has 0 N–H and O–H groups in total. The fourth-order valence-electron chi connectivity index (χ4n) is 3.39. The molecule has 36 heavy (non-hydrogen) atoms. The molecule has 0 saturated carbocycles. The standard InChI is InChI=1S/C26H29N3O5S2/c1-20-6-5-7-22(27-20)18-19-28(2)36(33,34)25-15-11-23(12-16-25)29(3)26(30)17-10-21-8-13-24(14-9-21)35(4,31)32/h5-17H,18-19H2,1-4H3/b17-10+. The Morgan fingerprint density at radius 2 is 1.50 bits per heavy atom. The number of likely N-dealkylation sites (N-methyl/N-ethyl adjacent to an activating group) is 2. The van der Waals surface area contributed by atoms with E-state index in [9.17, 15) is 21.6 Å². The number of carbonyl (C=O) groups excluding carboxylic acids is 1. The number of hydrogen-bond acceptors (Lipinski definition) is 6. The van der Waals surface area contributed by atoms with E-state index >= 15 is 0 Å². The lowest BCUT2D eigenvalue weighted by atomic mass is 10.2. The van der Waals surface area contributed by atoms with Crippen LogP contribution in [-0.4, -0.2) is 58.9 Å². The highest BCUT2D eigenvalue weighted by atomic mass is 32.2. The maximum absolute atomic E-state index is 13.0. The Bertz CT molecular complexity index is 1460. The zero-order chi connectivity index (χ0) is 26.5. The van der Waals surface area contributed by atoms with Crippen LogP contribution in [0.4, 0.5) is 5.69 Å². The summed E-state index contributed by atoms with van der Waals surface area (Å²) in [6, 6.07) is 18.0. The van der Waals surface area contributed by atoms with E-state index in [2.05, 4.69) is 4.98 Å². The van der Waals surface area contributed by atoms with Crippen LogP contribution in [0.3, 0.4) is 0 Å². The molecular formula is C26H29N3O5S2. The first-order valence-electron chi connectivity index (χ1n) is 11.1. The van der Waals surface area contributed by atoms with Gasteiger partial charge in [0.1, 0.15) is 0 Å². The average molecular weight is 528 g/mol. The highest BCUT2D eigenvalue weighted by Gasteiger charge is 2.21. The molecule has 1 heterocycles. The van der Waals surface area contributed by atoms with Gasteiger partial charge in [-0.3, -0.25) is 9.78 Å². The zero-order valence-corrected chi connectivity index (χ0v) is 22.3. The van der Waals surface area contributed by atoms with Gasteiger partial charge in [-0.15, -0.1) is 0 Å². The van der Waals surface area contributed by atoms with Crippen LogP contribution in [-0.2, 0) is 31.1 Å². The van der Waals surface area contributed by atoms with Crippen molar-refractivity contribution in [3.63, 3.8) is 0 Å². The molecule has 0 saturated heterocycles. The van der Waals surface area contributed by atoms with E-state index in [4.69, 9.17) is 0 Å². The number of hydrogen-bond donors (Lipinski definition) is 0. The molecular weight excluding hydrogens is 498 g/mol. The van der Waals surface area contributed by atoms with Crippen LogP contribution in [0, 0.1) is 6.92 Å². The first-order valence-corrected chi connectivity index (χ1v) is 14.5. The van der Waals surface area contributed by atoms with Crippen molar-refractivity contribution < 1.29 is 21.6 Å². The van der Waals surface area contributed by atoms with E-state index in [1.807, 2.05) is 25.1 Å². The zero-order valence-electron chi connectivity index (χ0n) is 20.6. The molecule has 1 amide bonds. The predicted octanol–water partition coefficient (Wildman–Crippen LogP) is 3.33. The number of anilines is 1. The predicted molar refractivity (Wildman–Crippen MR) is 141 cm³/mol. The van der Waals surface area contributed by atoms with Gasteiger partial charge in [-0.25, -0.2) is 21.1 Å². The third kappa shape index (κ3) is 6.87. The maximum atomic E-state index is 13.0. The van der Waals surface area contributed by atoms with Gasteiger partial charge < -0.3 is 4.90 Å². The SMILES string of the molecule is Cc1cccc(CCN(C)S(=O)(=O)c2ccc(N(C)C(=O)/C=C/c3ccc(S(C)(=O)=O)cc3)cc2)n1. The number of sulfonamides is 1. The van der Waals surface area contributed by atoms with Crippen LogP contribution in [0.15, 0.2) is 82.6 Å². The minimum atomic E-state index is -3.70. The molecule has 0 unspecified atom stereocenters. The smallest absolute Gasteiger partial charge is 0.250 e. The minimum Gasteiger partial charge on any atom is -0.312 e. The lowest BCUT2D eigenvalue weighted by Crippen LogP contribution is -2.29. The highest BCUT2D eigenvalue weighted by Crippen LogP contribution is 2.20. The normalized spacial score (nSPS) is 12.2. The molecule has 2 aromatic carbocycles. The number of amides is 1. The summed E-state index contributed by atoms with van der Waals surface area (Å²) >= 11 is 0. The van der Waals surface area contributed by atoms with Crippen LogP contribution in [0.25, 0.3) is 6.08 Å². The Labute approximate surface area is 212 Å². The van der Waals surface area contributed by atoms with Crippen molar-refractivity contribution in [2.75, 3.05) is 31.8 Å². The number of pyridine rings is 1. The monoisotopic (exact) mass is 527 g/mol. The number of aromatic nitrogens is 1. The van der Waals surface area contributed by atoms with E-state index in [0.717, 1.165) is 17.6 Å². The maximum Gasteiger partial charge on any atom is 0.250 e. The summed E-state index contributed by atoms with van der Waals surface area (Å²) < 4.78 is 50.3. The van der Waals surface area contributed by atoms with Crippen LogP contribution >= 0.6 is 0 Å². The molecule has 190 valence electrons. The van der Waals surface area contributed by atoms with Crippen LogP contribution in [0.2, 0.25) is 0 Å². The van der Waals surface area contributed by atoms with Gasteiger partial charge in [-0.05, 0) is 67.1 Å². The second-order valence-corrected chi connectivity index (χ2v) is 12.5. The number of sulfone groups is 1. The summed E-state index contributed by atoms with van der Waals surface area (Å²) in [5.74, 6) is -0.319. The fourth-order valence-corrected chi connectivity index (χ4v) is 5.19. The van der Waals surface area contributed by atoms with E-state index in [0.29, 0.717) is 17.7 Å². The first-order chi connectivity index (χ1) is 16.9. The highest BCUT2D eigenvalue weighted by molar-refractivity contribution is 7.90. The van der Waals surface area contributed by atoms with Gasteiger partial charge in [0.25, 0.3) is 5.91 Å². The molecule has 3 rings (SSSR count). The second kappa shape index (κ2) is 11.2.